The van der Waals surface area contributed by atoms with Gasteiger partial charge in [-0.2, -0.15) is 10.5 Å². The lowest BCUT2D eigenvalue weighted by atomic mass is 10.4. The molecule has 0 bridgehead atoms. The van der Waals surface area contributed by atoms with Gasteiger partial charge in [-0.15, -0.1) is 10.2 Å². The van der Waals surface area contributed by atoms with Crippen molar-refractivity contribution in [3.05, 3.63) is 5.69 Å². The molecular formula is C5H7N5. The first-order chi connectivity index (χ1) is 4.75. The van der Waals surface area contributed by atoms with Crippen molar-refractivity contribution < 1.29 is 0 Å². The van der Waals surface area contributed by atoms with E-state index >= 15 is 0 Å². The van der Waals surface area contributed by atoms with Gasteiger partial charge in [0.05, 0.1) is 0 Å². The van der Waals surface area contributed by atoms with Crippen molar-refractivity contribution in [3.63, 3.8) is 0 Å². The van der Waals surface area contributed by atoms with Gasteiger partial charge < -0.3 is 4.90 Å². The van der Waals surface area contributed by atoms with Crippen LogP contribution in [0.1, 0.15) is 5.69 Å². The van der Waals surface area contributed by atoms with Crippen molar-refractivity contribution in [1.82, 2.24) is 15.4 Å². The molecule has 0 aliphatic heterocycles. The zero-order chi connectivity index (χ0) is 7.56. The van der Waals surface area contributed by atoms with E-state index in [4.69, 9.17) is 5.26 Å². The van der Waals surface area contributed by atoms with Gasteiger partial charge >= 0.3 is 0 Å². The summed E-state index contributed by atoms with van der Waals surface area (Å²) in [6.07, 6.45) is 0. The maximum Gasteiger partial charge on any atom is 0.206 e. The number of nitrogens with one attached hydrogen (secondary N) is 1. The second kappa shape index (κ2) is 2.35. The van der Waals surface area contributed by atoms with Crippen molar-refractivity contribution >= 4 is 5.82 Å². The molecule has 5 heteroatoms. The Kier molecular flexibility index (Phi) is 1.54. The average molecular weight is 137 g/mol. The maximum atomic E-state index is 8.46. The lowest BCUT2D eigenvalue weighted by Gasteiger charge is -2.05. The van der Waals surface area contributed by atoms with Gasteiger partial charge in [0.15, 0.2) is 5.82 Å². The summed E-state index contributed by atoms with van der Waals surface area (Å²) in [7, 11) is 3.61. The summed E-state index contributed by atoms with van der Waals surface area (Å²) in [6, 6.07) is 1.91. The van der Waals surface area contributed by atoms with Gasteiger partial charge in [0.25, 0.3) is 0 Å². The van der Waals surface area contributed by atoms with Crippen LogP contribution >= 0.6 is 0 Å². The average Bonchev–Trinajstić information content (AvgIpc) is 2.33. The van der Waals surface area contributed by atoms with E-state index in [-0.39, 0.29) is 0 Å². The quantitative estimate of drug-likeness (QED) is 0.579. The summed E-state index contributed by atoms with van der Waals surface area (Å²) in [5.74, 6) is 0.572. The van der Waals surface area contributed by atoms with Crippen LogP contribution in [-0.2, 0) is 0 Å². The van der Waals surface area contributed by atoms with Gasteiger partial charge in [-0.05, 0) is 0 Å². The molecule has 10 heavy (non-hydrogen) atoms. The number of hydrogen-bond acceptors (Lipinski definition) is 4. The van der Waals surface area contributed by atoms with Crippen LogP contribution < -0.4 is 4.90 Å². The van der Waals surface area contributed by atoms with E-state index in [0.717, 1.165) is 0 Å². The van der Waals surface area contributed by atoms with Crippen LogP contribution in [0.15, 0.2) is 0 Å². The van der Waals surface area contributed by atoms with Crippen LogP contribution in [0.2, 0.25) is 0 Å². The van der Waals surface area contributed by atoms with Gasteiger partial charge in [0.2, 0.25) is 5.69 Å². The molecule has 0 saturated heterocycles. The minimum atomic E-state index is 0.324. The lowest BCUT2D eigenvalue weighted by Crippen LogP contribution is -2.10. The fourth-order valence-electron chi connectivity index (χ4n) is 0.612. The highest BCUT2D eigenvalue weighted by Crippen LogP contribution is 2.07. The fourth-order valence-corrected chi connectivity index (χ4v) is 0.612. The van der Waals surface area contributed by atoms with Crippen LogP contribution in [0.4, 0.5) is 5.82 Å². The van der Waals surface area contributed by atoms with E-state index in [1.807, 2.05) is 6.07 Å². The van der Waals surface area contributed by atoms with E-state index in [1.54, 1.807) is 19.0 Å². The van der Waals surface area contributed by atoms with Crippen LogP contribution in [0.3, 0.4) is 0 Å². The predicted molar refractivity (Wildman–Crippen MR) is 35.4 cm³/mol. The Bertz CT molecular complexity index is 255. The molecule has 0 radical (unpaired) electrons. The molecule has 0 atom stereocenters. The molecule has 1 rings (SSSR count). The van der Waals surface area contributed by atoms with Gasteiger partial charge in [0.1, 0.15) is 6.07 Å². The number of anilines is 1. The lowest BCUT2D eigenvalue weighted by molar-refractivity contribution is 0.924. The molecule has 0 aliphatic carbocycles. The molecule has 0 spiro atoms. The monoisotopic (exact) mass is 137 g/mol. The van der Waals surface area contributed by atoms with Crippen molar-refractivity contribution in [3.8, 4) is 6.07 Å². The fraction of sp³-hybridized carbons (Fsp3) is 0.400. The second-order valence-electron chi connectivity index (χ2n) is 2.00. The van der Waals surface area contributed by atoms with Gasteiger partial charge in [-0.25, -0.2) is 0 Å². The number of nitrogens with zero attached hydrogens (tertiary/aromatic N) is 4. The molecule has 1 aromatic heterocycles. The van der Waals surface area contributed by atoms with Gasteiger partial charge in [-0.1, -0.05) is 0 Å². The number of nitriles is 1. The summed E-state index contributed by atoms with van der Waals surface area (Å²) in [4.78, 5) is 1.72. The normalized spacial score (nSPS) is 8.90. The van der Waals surface area contributed by atoms with Crippen molar-refractivity contribution in [1.29, 1.82) is 5.26 Å². The topological polar surface area (TPSA) is 68.6 Å². The zero-order valence-corrected chi connectivity index (χ0v) is 5.79. The van der Waals surface area contributed by atoms with Crippen LogP contribution in [0.25, 0.3) is 0 Å². The first kappa shape index (κ1) is 6.55. The highest BCUT2D eigenvalue weighted by molar-refractivity contribution is 5.47. The maximum absolute atomic E-state index is 8.46. The molecule has 1 heterocycles. The number of aromatic amines is 1. The molecule has 0 aliphatic rings. The Labute approximate surface area is 58.3 Å². The Morgan fingerprint density at radius 2 is 2.20 bits per heavy atom. The van der Waals surface area contributed by atoms with Crippen LogP contribution in [-0.4, -0.2) is 29.5 Å². The molecule has 0 fully saturated rings. The minimum Gasteiger partial charge on any atom is -0.359 e. The van der Waals surface area contributed by atoms with Gasteiger partial charge in [-0.3, -0.25) is 0 Å². The molecular weight excluding hydrogens is 130 g/mol. The largest absolute Gasteiger partial charge is 0.359 e. The third-order valence-electron chi connectivity index (χ3n) is 1.06. The highest BCUT2D eigenvalue weighted by Gasteiger charge is 2.06. The number of H-pyrrole nitrogens is 1. The summed E-state index contributed by atoms with van der Waals surface area (Å²) >= 11 is 0. The first-order valence-corrected chi connectivity index (χ1v) is 2.74. The Morgan fingerprint density at radius 3 is 2.60 bits per heavy atom. The third-order valence-corrected chi connectivity index (χ3v) is 1.06. The number of rotatable bonds is 1. The molecule has 0 amide bonds. The molecule has 1 N–H and O–H groups in total. The molecule has 52 valence electrons. The van der Waals surface area contributed by atoms with Crippen LogP contribution in [0, 0.1) is 11.3 Å². The summed E-state index contributed by atoms with van der Waals surface area (Å²) in [5, 5.41) is 18.2. The second-order valence-corrected chi connectivity index (χ2v) is 2.00. The minimum absolute atomic E-state index is 0.324. The zero-order valence-electron chi connectivity index (χ0n) is 5.79. The summed E-state index contributed by atoms with van der Waals surface area (Å²) < 4.78 is 0. The Balaban J connectivity index is 3.05. The number of hydrogen-bond donors (Lipinski definition) is 1. The summed E-state index contributed by atoms with van der Waals surface area (Å²) in [6.45, 7) is 0. The summed E-state index contributed by atoms with van der Waals surface area (Å²) in [5.41, 5.74) is 0.324. The molecule has 5 nitrogen and oxygen atoms in total. The third kappa shape index (κ3) is 0.910. The van der Waals surface area contributed by atoms with E-state index in [0.29, 0.717) is 11.5 Å². The van der Waals surface area contributed by atoms with E-state index in [9.17, 15) is 0 Å². The van der Waals surface area contributed by atoms with E-state index < -0.39 is 0 Å². The highest BCUT2D eigenvalue weighted by atomic mass is 15.4. The van der Waals surface area contributed by atoms with Gasteiger partial charge in [0, 0.05) is 14.1 Å². The Hall–Kier alpha value is -1.57. The smallest absolute Gasteiger partial charge is 0.206 e. The first-order valence-electron chi connectivity index (χ1n) is 2.74. The molecule has 0 unspecified atom stereocenters. The standard InChI is InChI=1S/C5H7N5/c1-10(2)5-4(3-6)7-9-8-5/h1-2H3,(H,7,8,9). The molecule has 0 aromatic carbocycles. The van der Waals surface area contributed by atoms with Crippen molar-refractivity contribution in [2.75, 3.05) is 19.0 Å². The van der Waals surface area contributed by atoms with E-state index in [1.165, 1.54) is 0 Å². The van der Waals surface area contributed by atoms with Crippen molar-refractivity contribution in [2.45, 2.75) is 0 Å². The van der Waals surface area contributed by atoms with E-state index in [2.05, 4.69) is 15.4 Å². The molecule has 0 saturated carbocycles. The Morgan fingerprint density at radius 1 is 1.50 bits per heavy atom. The van der Waals surface area contributed by atoms with Crippen molar-refractivity contribution in [2.24, 2.45) is 0 Å². The SMILES string of the molecule is CN(C)c1n[nH]nc1C#N. The predicted octanol–water partition coefficient (Wildman–Crippen LogP) is -0.258. The van der Waals surface area contributed by atoms with Crippen LogP contribution in [0.5, 0.6) is 0 Å². The number of aromatic nitrogens is 3. The molecule has 1 aromatic rings.